The predicted molar refractivity (Wildman–Crippen MR) is 25.5 cm³/mol. The molecule has 0 saturated carbocycles. The molecule has 0 bridgehead atoms. The third-order valence-electron chi connectivity index (χ3n) is 0. The topological polar surface area (TPSA) is 40.5 Å². The van der Waals surface area contributed by atoms with Crippen LogP contribution in [0.25, 0.3) is 0 Å². The molecule has 0 atom stereocenters. The molecule has 40 valence electrons. The normalized spacial score (nSPS) is 6.00. The Morgan fingerprint density at radius 3 is 1.00 bits per heavy atom. The molecule has 0 saturated heterocycles. The van der Waals surface area contributed by atoms with Crippen molar-refractivity contribution in [2.75, 3.05) is 0 Å². The van der Waals surface area contributed by atoms with Gasteiger partial charge in [0.25, 0.3) is 0 Å². The van der Waals surface area contributed by atoms with Crippen molar-refractivity contribution in [2.24, 2.45) is 0 Å². The summed E-state index contributed by atoms with van der Waals surface area (Å²) < 4.78 is 0. The van der Waals surface area contributed by atoms with Gasteiger partial charge in [-0.25, -0.2) is 0 Å². The Hall–Kier alpha value is 1.56. The Morgan fingerprint density at radius 2 is 1.00 bits per heavy atom. The van der Waals surface area contributed by atoms with Gasteiger partial charge in [-0.1, -0.05) is 0 Å². The van der Waals surface area contributed by atoms with E-state index in [2.05, 4.69) is 20.8 Å². The number of hydrogen-bond acceptors (Lipinski definition) is 2. The van der Waals surface area contributed by atoms with E-state index in [1.54, 1.807) is 0 Å². The maximum absolute atomic E-state index is 6.00. The Bertz CT molecular complexity index is 14.4. The molecule has 0 aliphatic heterocycles. The summed E-state index contributed by atoms with van der Waals surface area (Å²) in [6.45, 7) is 6.25. The van der Waals surface area contributed by atoms with E-state index in [0.717, 1.165) is 0 Å². The van der Waals surface area contributed by atoms with Crippen LogP contribution in [0.2, 0.25) is 0 Å². The molecule has 0 aromatic heterocycles. The van der Waals surface area contributed by atoms with Gasteiger partial charge in [-0.05, 0) is 0 Å². The van der Waals surface area contributed by atoms with Crippen LogP contribution in [0, 0.1) is 5.92 Å². The van der Waals surface area contributed by atoms with Crippen LogP contribution in [0.1, 0.15) is 20.8 Å². The molecule has 3 heteroatoms. The first-order valence-corrected chi connectivity index (χ1v) is 1.70. The smallest absolute Gasteiger partial charge is 0.323 e. The van der Waals surface area contributed by atoms with Crippen molar-refractivity contribution < 1.29 is 61.9 Å². The summed E-state index contributed by atoms with van der Waals surface area (Å²) in [6.07, 6.45) is 0. The van der Waals surface area contributed by atoms with E-state index < -0.39 is 0 Å². The zero-order valence-electron chi connectivity index (χ0n) is 5.39. The van der Waals surface area contributed by atoms with E-state index in [-0.39, 0.29) is 51.4 Å². The minimum Gasteiger partial charge on any atom is -0.323 e. The van der Waals surface area contributed by atoms with Gasteiger partial charge in [-0.3, -0.25) is 10.5 Å². The van der Waals surface area contributed by atoms with Crippen molar-refractivity contribution in [2.45, 2.75) is 20.8 Å². The summed E-state index contributed by atoms with van der Waals surface area (Å²) in [6, 6.07) is 0. The molecule has 0 aromatic rings. The Morgan fingerprint density at radius 1 is 1.00 bits per heavy atom. The van der Waals surface area contributed by atoms with Gasteiger partial charge in [0.1, 0.15) is 0 Å². The monoisotopic (exact) mass is 130 g/mol. The van der Waals surface area contributed by atoms with Crippen molar-refractivity contribution >= 4 is 0 Å². The summed E-state index contributed by atoms with van der Waals surface area (Å²) in [5.41, 5.74) is 0. The van der Waals surface area contributed by atoms with Gasteiger partial charge in [0.2, 0.25) is 0 Å². The summed E-state index contributed by atoms with van der Waals surface area (Å²) in [5.74, 6) is 1.42. The summed E-state index contributed by atoms with van der Waals surface area (Å²) in [5, 5.41) is 12.0. The zero-order chi connectivity index (χ0) is 5.58. The molecule has 2 nitrogen and oxygen atoms in total. The van der Waals surface area contributed by atoms with Gasteiger partial charge in [-0.2, -0.15) is 20.8 Å². The maximum atomic E-state index is 6.00. The molecule has 0 spiro atoms. The van der Waals surface area contributed by atoms with Crippen LogP contribution < -0.4 is 51.4 Å². The Balaban J connectivity index is -0.0000000480. The zero-order valence-corrected chi connectivity index (χ0v) is 8.52. The molecule has 0 heterocycles. The fourth-order valence-corrected chi connectivity index (χ4v) is 0. The Kier molecular flexibility index (Phi) is 35.4. The number of rotatable bonds is 0. The van der Waals surface area contributed by atoms with Crippen LogP contribution in [-0.4, -0.2) is 10.5 Å². The van der Waals surface area contributed by atoms with E-state index in [4.69, 9.17) is 10.5 Å². The second kappa shape index (κ2) is 15.6. The fraction of sp³-hybridized carbons (Fsp3) is 0.750. The SMILES string of the molecule is C[C-](C)C.OO.[K+]. The summed E-state index contributed by atoms with van der Waals surface area (Å²) >= 11 is 0. The molecule has 0 radical (unpaired) electrons. The molecule has 0 aliphatic rings. The molecular formula is C4H11KO2. The van der Waals surface area contributed by atoms with Crippen LogP contribution in [0.3, 0.4) is 0 Å². The second-order valence-corrected chi connectivity index (χ2v) is 1.50. The van der Waals surface area contributed by atoms with Gasteiger partial charge in [0, 0.05) is 0 Å². The summed E-state index contributed by atoms with van der Waals surface area (Å²) in [4.78, 5) is 0. The first-order valence-electron chi connectivity index (χ1n) is 1.70. The van der Waals surface area contributed by atoms with Gasteiger partial charge in [0.05, 0.1) is 0 Å². The molecule has 2 N–H and O–H groups in total. The number of hydrogen-bond donors (Lipinski definition) is 2. The van der Waals surface area contributed by atoms with E-state index in [0.29, 0.717) is 0 Å². The first kappa shape index (κ1) is 15.8. The molecule has 0 fully saturated rings. The standard InChI is InChI=1S/C4H9.K.H2O2/c1-4(2)3;;1-2/h1-3H3;;1-2H/q-1;+1;. The van der Waals surface area contributed by atoms with Gasteiger partial charge in [0.15, 0.2) is 0 Å². The van der Waals surface area contributed by atoms with Gasteiger partial charge < -0.3 is 5.92 Å². The average Bonchev–Trinajstić information content (AvgIpc) is 1.41. The van der Waals surface area contributed by atoms with Crippen LogP contribution in [-0.2, 0) is 0 Å². The van der Waals surface area contributed by atoms with Crippen molar-refractivity contribution in [3.05, 3.63) is 5.92 Å². The van der Waals surface area contributed by atoms with E-state index in [1.165, 1.54) is 5.92 Å². The summed E-state index contributed by atoms with van der Waals surface area (Å²) in [7, 11) is 0. The molecule has 0 rings (SSSR count). The van der Waals surface area contributed by atoms with Crippen LogP contribution in [0.4, 0.5) is 0 Å². The largest absolute Gasteiger partial charge is 1.00 e. The predicted octanol–water partition coefficient (Wildman–Crippen LogP) is -1.36. The van der Waals surface area contributed by atoms with Crippen LogP contribution in [0.5, 0.6) is 0 Å². The third-order valence-corrected chi connectivity index (χ3v) is 0. The molecule has 0 unspecified atom stereocenters. The quantitative estimate of drug-likeness (QED) is 0.184. The van der Waals surface area contributed by atoms with Gasteiger partial charge in [-0.15, -0.1) is 0 Å². The minimum absolute atomic E-state index is 0. The van der Waals surface area contributed by atoms with Crippen molar-refractivity contribution in [1.29, 1.82) is 0 Å². The molecule has 7 heavy (non-hydrogen) atoms. The minimum atomic E-state index is 0. The van der Waals surface area contributed by atoms with Crippen molar-refractivity contribution in [3.8, 4) is 0 Å². The van der Waals surface area contributed by atoms with E-state index >= 15 is 0 Å². The van der Waals surface area contributed by atoms with Crippen molar-refractivity contribution in [3.63, 3.8) is 0 Å². The molecule has 0 amide bonds. The van der Waals surface area contributed by atoms with Gasteiger partial charge >= 0.3 is 51.4 Å². The van der Waals surface area contributed by atoms with E-state index in [9.17, 15) is 0 Å². The van der Waals surface area contributed by atoms with Crippen LogP contribution in [0.15, 0.2) is 0 Å². The van der Waals surface area contributed by atoms with Crippen molar-refractivity contribution in [1.82, 2.24) is 0 Å². The first-order chi connectivity index (χ1) is 2.73. The second-order valence-electron chi connectivity index (χ2n) is 1.50. The van der Waals surface area contributed by atoms with E-state index in [1.807, 2.05) is 0 Å². The molecule has 0 aromatic carbocycles. The van der Waals surface area contributed by atoms with Crippen LogP contribution >= 0.6 is 0 Å². The third kappa shape index (κ3) is 96.3. The molecular weight excluding hydrogens is 119 g/mol. The Labute approximate surface area is 87.3 Å². The maximum Gasteiger partial charge on any atom is 1.00 e. The average molecular weight is 130 g/mol. The molecule has 0 aliphatic carbocycles. The fourth-order valence-electron chi connectivity index (χ4n) is 0.